The van der Waals surface area contributed by atoms with Crippen LogP contribution < -0.4 is 5.32 Å². The molecule has 5 heteroatoms. The van der Waals surface area contributed by atoms with Crippen molar-refractivity contribution in [2.45, 2.75) is 12.5 Å². The standard InChI is InChI=1S/C20H16ClNO2S/c1-20(18-7-4-10-25-18)15-11-13(14-5-2-3-6-16(14)21)8-9-17(15)22-19(23)12-24-20/h2-11H,12H2,1H3,(H,22,23). The molecule has 0 radical (unpaired) electrons. The van der Waals surface area contributed by atoms with Gasteiger partial charge in [-0.15, -0.1) is 11.3 Å². The summed E-state index contributed by atoms with van der Waals surface area (Å²) < 4.78 is 6.06. The molecule has 0 spiro atoms. The number of hydrogen-bond acceptors (Lipinski definition) is 3. The quantitative estimate of drug-likeness (QED) is 0.665. The van der Waals surface area contributed by atoms with Gasteiger partial charge < -0.3 is 10.1 Å². The number of thiophene rings is 1. The van der Waals surface area contributed by atoms with E-state index in [-0.39, 0.29) is 12.5 Å². The third-order valence-electron chi connectivity index (χ3n) is 4.48. The number of nitrogens with one attached hydrogen (secondary N) is 1. The highest BCUT2D eigenvalue weighted by Crippen LogP contribution is 2.43. The van der Waals surface area contributed by atoms with Gasteiger partial charge in [0.1, 0.15) is 12.2 Å². The number of carbonyl (C=O) groups is 1. The van der Waals surface area contributed by atoms with Crippen LogP contribution >= 0.6 is 22.9 Å². The first-order chi connectivity index (χ1) is 12.1. The van der Waals surface area contributed by atoms with E-state index in [2.05, 4.69) is 11.4 Å². The third kappa shape index (κ3) is 2.86. The predicted molar refractivity (Wildman–Crippen MR) is 102 cm³/mol. The second kappa shape index (κ2) is 6.30. The lowest BCUT2D eigenvalue weighted by molar-refractivity contribution is -0.124. The summed E-state index contributed by atoms with van der Waals surface area (Å²) in [6.45, 7) is 2.03. The summed E-state index contributed by atoms with van der Waals surface area (Å²) in [7, 11) is 0. The molecule has 1 amide bonds. The monoisotopic (exact) mass is 369 g/mol. The van der Waals surface area contributed by atoms with Crippen LogP contribution in [0.2, 0.25) is 5.02 Å². The lowest BCUT2D eigenvalue weighted by Gasteiger charge is -2.29. The Hall–Kier alpha value is -2.14. The lowest BCUT2D eigenvalue weighted by atomic mass is 9.89. The van der Waals surface area contributed by atoms with Crippen molar-refractivity contribution in [3.63, 3.8) is 0 Å². The van der Waals surface area contributed by atoms with Crippen LogP contribution in [0.5, 0.6) is 0 Å². The number of rotatable bonds is 2. The Kier molecular flexibility index (Phi) is 4.12. The van der Waals surface area contributed by atoms with Crippen molar-refractivity contribution >= 4 is 34.5 Å². The lowest BCUT2D eigenvalue weighted by Crippen LogP contribution is -2.27. The second-order valence-electron chi connectivity index (χ2n) is 6.09. The molecule has 1 N–H and O–H groups in total. The van der Waals surface area contributed by atoms with Crippen LogP contribution in [-0.4, -0.2) is 12.5 Å². The van der Waals surface area contributed by atoms with Gasteiger partial charge in [-0.1, -0.05) is 41.9 Å². The Morgan fingerprint density at radius 2 is 2.00 bits per heavy atom. The maximum Gasteiger partial charge on any atom is 0.250 e. The summed E-state index contributed by atoms with van der Waals surface area (Å²) in [5.74, 6) is -0.146. The molecule has 0 aliphatic carbocycles. The summed E-state index contributed by atoms with van der Waals surface area (Å²) in [4.78, 5) is 13.1. The molecule has 0 saturated carbocycles. The van der Waals surface area contributed by atoms with Gasteiger partial charge in [-0.3, -0.25) is 4.79 Å². The molecule has 1 unspecified atom stereocenters. The van der Waals surface area contributed by atoms with Gasteiger partial charge in [-0.05, 0) is 42.1 Å². The van der Waals surface area contributed by atoms with Crippen LogP contribution in [0.4, 0.5) is 5.69 Å². The maximum absolute atomic E-state index is 12.1. The van der Waals surface area contributed by atoms with Crippen molar-refractivity contribution in [1.82, 2.24) is 0 Å². The second-order valence-corrected chi connectivity index (χ2v) is 7.44. The van der Waals surface area contributed by atoms with E-state index in [0.29, 0.717) is 5.02 Å². The van der Waals surface area contributed by atoms with Gasteiger partial charge in [0.05, 0.1) is 0 Å². The summed E-state index contributed by atoms with van der Waals surface area (Å²) in [5.41, 5.74) is 2.95. The van der Waals surface area contributed by atoms with Gasteiger partial charge in [-0.2, -0.15) is 0 Å². The zero-order valence-corrected chi connectivity index (χ0v) is 15.2. The van der Waals surface area contributed by atoms with Crippen molar-refractivity contribution in [1.29, 1.82) is 0 Å². The maximum atomic E-state index is 12.1. The highest BCUT2D eigenvalue weighted by atomic mass is 35.5. The molecule has 1 atom stereocenters. The molecule has 4 rings (SSSR count). The Balaban J connectivity index is 1.92. The number of fused-ring (bicyclic) bond motifs is 1. The van der Waals surface area contributed by atoms with E-state index in [1.165, 1.54) is 0 Å². The molecule has 0 fully saturated rings. The van der Waals surface area contributed by atoms with Gasteiger partial charge in [0.25, 0.3) is 0 Å². The Labute approximate surface area is 155 Å². The highest BCUT2D eigenvalue weighted by molar-refractivity contribution is 7.10. The van der Waals surface area contributed by atoms with Crippen LogP contribution in [-0.2, 0) is 15.1 Å². The van der Waals surface area contributed by atoms with Crippen molar-refractivity contribution < 1.29 is 9.53 Å². The number of hydrogen-bond donors (Lipinski definition) is 1. The molecule has 1 aromatic heterocycles. The van der Waals surface area contributed by atoms with Crippen LogP contribution in [0.3, 0.4) is 0 Å². The summed E-state index contributed by atoms with van der Waals surface area (Å²) in [6.07, 6.45) is 0. The third-order valence-corrected chi connectivity index (χ3v) is 5.88. The largest absolute Gasteiger partial charge is 0.355 e. The fraction of sp³-hybridized carbons (Fsp3) is 0.150. The number of halogens is 1. The number of anilines is 1. The molecule has 126 valence electrons. The average molecular weight is 370 g/mol. The average Bonchev–Trinajstić information content (AvgIpc) is 3.12. The first-order valence-corrected chi connectivity index (χ1v) is 9.21. The van der Waals surface area contributed by atoms with Gasteiger partial charge in [-0.25, -0.2) is 0 Å². The molecular weight excluding hydrogens is 354 g/mol. The van der Waals surface area contributed by atoms with E-state index in [1.54, 1.807) is 11.3 Å². The number of ether oxygens (including phenoxy) is 1. The molecule has 1 aliphatic heterocycles. The van der Waals surface area contributed by atoms with E-state index in [0.717, 1.165) is 27.3 Å². The van der Waals surface area contributed by atoms with Crippen molar-refractivity contribution in [2.24, 2.45) is 0 Å². The summed E-state index contributed by atoms with van der Waals surface area (Å²) in [5, 5.41) is 5.65. The smallest absolute Gasteiger partial charge is 0.250 e. The van der Waals surface area contributed by atoms with Gasteiger partial charge in [0.15, 0.2) is 0 Å². The van der Waals surface area contributed by atoms with Gasteiger partial charge in [0.2, 0.25) is 5.91 Å². The van der Waals surface area contributed by atoms with E-state index < -0.39 is 5.60 Å². The number of benzene rings is 2. The topological polar surface area (TPSA) is 38.3 Å². The van der Waals surface area contributed by atoms with Gasteiger partial charge in [0, 0.05) is 26.7 Å². The van der Waals surface area contributed by atoms with E-state index in [1.807, 2.05) is 60.8 Å². The molecule has 2 aromatic carbocycles. The number of amides is 1. The molecule has 3 aromatic rings. The highest BCUT2D eigenvalue weighted by Gasteiger charge is 2.37. The first-order valence-electron chi connectivity index (χ1n) is 7.95. The van der Waals surface area contributed by atoms with Crippen molar-refractivity contribution in [3.05, 3.63) is 75.4 Å². The molecule has 0 bridgehead atoms. The van der Waals surface area contributed by atoms with E-state index >= 15 is 0 Å². The van der Waals surface area contributed by atoms with Crippen LogP contribution in [0.1, 0.15) is 17.4 Å². The molecule has 25 heavy (non-hydrogen) atoms. The minimum absolute atomic E-state index is 0.0184. The minimum atomic E-state index is -0.695. The Bertz CT molecular complexity index is 939. The summed E-state index contributed by atoms with van der Waals surface area (Å²) in [6, 6.07) is 17.7. The normalized spacial score (nSPS) is 19.8. The molecular formula is C20H16ClNO2S. The van der Waals surface area contributed by atoms with Crippen LogP contribution in [0.25, 0.3) is 11.1 Å². The van der Waals surface area contributed by atoms with Crippen LogP contribution in [0, 0.1) is 0 Å². The SMILES string of the molecule is CC1(c2cccs2)OCC(=O)Nc2ccc(-c3ccccc3Cl)cc21. The van der Waals surface area contributed by atoms with E-state index in [9.17, 15) is 4.79 Å². The fourth-order valence-electron chi connectivity index (χ4n) is 3.14. The van der Waals surface area contributed by atoms with Gasteiger partial charge >= 0.3 is 0 Å². The minimum Gasteiger partial charge on any atom is -0.355 e. The zero-order chi connectivity index (χ0) is 17.4. The predicted octanol–water partition coefficient (Wildman–Crippen LogP) is 5.30. The van der Waals surface area contributed by atoms with Crippen molar-refractivity contribution in [3.8, 4) is 11.1 Å². The zero-order valence-electron chi connectivity index (χ0n) is 13.6. The Morgan fingerprint density at radius 3 is 2.76 bits per heavy atom. The number of carbonyl (C=O) groups excluding carboxylic acids is 1. The van der Waals surface area contributed by atoms with E-state index in [4.69, 9.17) is 16.3 Å². The first kappa shape index (κ1) is 16.3. The molecule has 1 aliphatic rings. The molecule has 0 saturated heterocycles. The fourth-order valence-corrected chi connectivity index (χ4v) is 4.24. The molecule has 3 nitrogen and oxygen atoms in total. The summed E-state index contributed by atoms with van der Waals surface area (Å²) >= 11 is 7.99. The van der Waals surface area contributed by atoms with Crippen LogP contribution in [0.15, 0.2) is 60.0 Å². The Morgan fingerprint density at radius 1 is 1.16 bits per heavy atom. The molecule has 2 heterocycles. The van der Waals surface area contributed by atoms with Crippen molar-refractivity contribution in [2.75, 3.05) is 11.9 Å².